The van der Waals surface area contributed by atoms with Crippen molar-refractivity contribution in [2.45, 2.75) is 13.0 Å². The van der Waals surface area contributed by atoms with Gasteiger partial charge in [-0.15, -0.1) is 35.1 Å². The summed E-state index contributed by atoms with van der Waals surface area (Å²) in [6.07, 6.45) is 0.948. The van der Waals surface area contributed by atoms with Crippen LogP contribution in [0.25, 0.3) is 20.8 Å². The van der Waals surface area contributed by atoms with Gasteiger partial charge >= 0.3 is 0 Å². The van der Waals surface area contributed by atoms with Gasteiger partial charge in [-0.2, -0.15) is 0 Å². The SMILES string of the molecule is COc1cccc(OCC(=O)Nc2sc3c(c2-c2nc4ccccc4s2)CCN(C)C3)c1.Cl. The van der Waals surface area contributed by atoms with E-state index in [4.69, 9.17) is 14.5 Å². The molecule has 0 spiro atoms. The van der Waals surface area contributed by atoms with Crippen molar-refractivity contribution < 1.29 is 14.3 Å². The lowest BCUT2D eigenvalue weighted by atomic mass is 10.0. The Morgan fingerprint density at radius 1 is 1.15 bits per heavy atom. The topological polar surface area (TPSA) is 63.7 Å². The van der Waals surface area contributed by atoms with Gasteiger partial charge in [-0.1, -0.05) is 18.2 Å². The Bertz CT molecular complexity index is 1250. The Balaban J connectivity index is 0.00000259. The summed E-state index contributed by atoms with van der Waals surface area (Å²) < 4.78 is 12.0. The van der Waals surface area contributed by atoms with Crippen LogP contribution in [0, 0.1) is 0 Å². The first-order chi connectivity index (χ1) is 15.6. The van der Waals surface area contributed by atoms with Gasteiger partial charge in [0.05, 0.1) is 17.3 Å². The molecule has 0 saturated heterocycles. The van der Waals surface area contributed by atoms with E-state index in [0.717, 1.165) is 45.3 Å². The van der Waals surface area contributed by atoms with Crippen molar-refractivity contribution in [2.75, 3.05) is 32.6 Å². The number of fused-ring (bicyclic) bond motifs is 2. The number of ether oxygens (including phenoxy) is 2. The number of rotatable bonds is 6. The quantitative estimate of drug-likeness (QED) is 0.380. The minimum atomic E-state index is -0.192. The first kappa shape index (κ1) is 23.5. The van der Waals surface area contributed by atoms with Gasteiger partial charge in [-0.25, -0.2) is 4.98 Å². The van der Waals surface area contributed by atoms with Crippen molar-refractivity contribution >= 4 is 56.2 Å². The Morgan fingerprint density at radius 2 is 1.97 bits per heavy atom. The van der Waals surface area contributed by atoms with Crippen LogP contribution in [0.3, 0.4) is 0 Å². The highest BCUT2D eigenvalue weighted by molar-refractivity contribution is 7.22. The number of carbonyl (C=O) groups excluding carboxylic acids is 1. The van der Waals surface area contributed by atoms with Crippen LogP contribution in [0.1, 0.15) is 10.4 Å². The molecule has 0 unspecified atom stereocenters. The molecule has 1 amide bonds. The first-order valence-electron chi connectivity index (χ1n) is 10.4. The minimum absolute atomic E-state index is 0. The maximum atomic E-state index is 12.8. The largest absolute Gasteiger partial charge is 0.497 e. The van der Waals surface area contributed by atoms with Gasteiger partial charge in [0.15, 0.2) is 6.61 Å². The number of para-hydroxylation sites is 1. The summed E-state index contributed by atoms with van der Waals surface area (Å²) in [5.74, 6) is 1.09. The smallest absolute Gasteiger partial charge is 0.262 e. The molecule has 2 aromatic heterocycles. The zero-order valence-electron chi connectivity index (χ0n) is 18.3. The van der Waals surface area contributed by atoms with E-state index in [9.17, 15) is 4.79 Å². The molecule has 33 heavy (non-hydrogen) atoms. The maximum absolute atomic E-state index is 12.8. The van der Waals surface area contributed by atoms with Gasteiger partial charge in [0.25, 0.3) is 5.91 Å². The van der Waals surface area contributed by atoms with Gasteiger partial charge in [0, 0.05) is 29.6 Å². The lowest BCUT2D eigenvalue weighted by Gasteiger charge is -2.22. The van der Waals surface area contributed by atoms with Crippen LogP contribution in [0.5, 0.6) is 11.5 Å². The second-order valence-electron chi connectivity index (χ2n) is 7.70. The summed E-state index contributed by atoms with van der Waals surface area (Å²) in [6, 6.07) is 15.4. The van der Waals surface area contributed by atoms with E-state index < -0.39 is 0 Å². The number of hydrogen-bond donors (Lipinski definition) is 1. The number of nitrogens with zero attached hydrogens (tertiary/aromatic N) is 2. The molecule has 4 aromatic rings. The van der Waals surface area contributed by atoms with E-state index in [-0.39, 0.29) is 24.9 Å². The number of nitrogens with one attached hydrogen (secondary N) is 1. The number of thiophene rings is 1. The van der Waals surface area contributed by atoms with Gasteiger partial charge in [0.1, 0.15) is 21.5 Å². The monoisotopic (exact) mass is 501 g/mol. The average Bonchev–Trinajstić information content (AvgIpc) is 3.37. The van der Waals surface area contributed by atoms with E-state index >= 15 is 0 Å². The zero-order chi connectivity index (χ0) is 22.1. The molecule has 1 aliphatic heterocycles. The predicted octanol–water partition coefficient (Wildman–Crippen LogP) is 5.46. The van der Waals surface area contributed by atoms with Crippen LogP contribution in [0.4, 0.5) is 5.00 Å². The molecule has 2 aromatic carbocycles. The second-order valence-corrected chi connectivity index (χ2v) is 9.83. The van der Waals surface area contributed by atoms with E-state index in [1.807, 2.05) is 36.4 Å². The third-order valence-electron chi connectivity index (χ3n) is 5.42. The number of carbonyl (C=O) groups is 1. The Morgan fingerprint density at radius 3 is 2.79 bits per heavy atom. The normalized spacial score (nSPS) is 13.3. The van der Waals surface area contributed by atoms with Crippen LogP contribution in [-0.4, -0.2) is 43.1 Å². The van der Waals surface area contributed by atoms with Crippen molar-refractivity contribution in [1.82, 2.24) is 9.88 Å². The fourth-order valence-corrected chi connectivity index (χ4v) is 6.28. The Hall–Kier alpha value is -2.65. The lowest BCUT2D eigenvalue weighted by molar-refractivity contribution is -0.118. The number of likely N-dealkylation sites (N-methyl/N-ethyl adjacent to an activating group) is 1. The molecule has 0 radical (unpaired) electrons. The van der Waals surface area contributed by atoms with E-state index in [1.165, 1.54) is 10.4 Å². The molecule has 172 valence electrons. The molecule has 3 heterocycles. The maximum Gasteiger partial charge on any atom is 0.262 e. The molecule has 0 atom stereocenters. The molecular formula is C24H24ClN3O3S2. The highest BCUT2D eigenvalue weighted by Gasteiger charge is 2.26. The van der Waals surface area contributed by atoms with E-state index in [0.29, 0.717) is 11.5 Å². The average molecular weight is 502 g/mol. The van der Waals surface area contributed by atoms with Gasteiger partial charge in [-0.05, 0) is 43.3 Å². The molecular weight excluding hydrogens is 478 g/mol. The standard InChI is InChI=1S/C24H23N3O3S2.ClH/c1-27-11-10-17-20(13-27)32-24(22(17)23-25-18-8-3-4-9-19(18)31-23)26-21(28)14-30-16-7-5-6-15(12-16)29-2;/h3-9,12H,10-11,13-14H2,1-2H3,(H,26,28);1H. The van der Waals surface area contributed by atoms with Gasteiger partial charge < -0.3 is 19.7 Å². The van der Waals surface area contributed by atoms with Crippen LogP contribution in [0.2, 0.25) is 0 Å². The van der Waals surface area contributed by atoms with Crippen molar-refractivity contribution in [3.63, 3.8) is 0 Å². The number of halogens is 1. The van der Waals surface area contributed by atoms with Crippen LogP contribution < -0.4 is 14.8 Å². The number of amides is 1. The minimum Gasteiger partial charge on any atom is -0.497 e. The fraction of sp³-hybridized carbons (Fsp3) is 0.250. The number of benzene rings is 2. The molecule has 1 aliphatic rings. The van der Waals surface area contributed by atoms with E-state index in [1.54, 1.807) is 35.8 Å². The van der Waals surface area contributed by atoms with Crippen LogP contribution in [-0.2, 0) is 17.8 Å². The van der Waals surface area contributed by atoms with Gasteiger partial charge in [0.2, 0.25) is 0 Å². The first-order valence-corrected chi connectivity index (χ1v) is 12.0. The molecule has 0 aliphatic carbocycles. The highest BCUT2D eigenvalue weighted by Crippen LogP contribution is 2.45. The molecule has 9 heteroatoms. The fourth-order valence-electron chi connectivity index (χ4n) is 3.83. The third kappa shape index (κ3) is 4.99. The van der Waals surface area contributed by atoms with Gasteiger partial charge in [-0.3, -0.25) is 4.79 Å². The summed E-state index contributed by atoms with van der Waals surface area (Å²) in [4.78, 5) is 21.3. The number of thiazole rings is 1. The van der Waals surface area contributed by atoms with E-state index in [2.05, 4.69) is 23.3 Å². The molecule has 5 rings (SSSR count). The molecule has 0 saturated carbocycles. The molecule has 1 N–H and O–H groups in total. The molecule has 0 bridgehead atoms. The van der Waals surface area contributed by atoms with Crippen molar-refractivity contribution in [3.8, 4) is 22.1 Å². The van der Waals surface area contributed by atoms with Crippen molar-refractivity contribution in [3.05, 3.63) is 59.0 Å². The molecule has 0 fully saturated rings. The predicted molar refractivity (Wildman–Crippen MR) is 137 cm³/mol. The van der Waals surface area contributed by atoms with Crippen molar-refractivity contribution in [1.29, 1.82) is 0 Å². The third-order valence-corrected chi connectivity index (χ3v) is 7.61. The zero-order valence-corrected chi connectivity index (χ0v) is 20.7. The summed E-state index contributed by atoms with van der Waals surface area (Å²) in [7, 11) is 3.73. The summed E-state index contributed by atoms with van der Waals surface area (Å²) in [5, 5.41) is 4.90. The highest BCUT2D eigenvalue weighted by atomic mass is 35.5. The number of aromatic nitrogens is 1. The Kier molecular flexibility index (Phi) is 7.19. The second kappa shape index (κ2) is 10.1. The van der Waals surface area contributed by atoms with Crippen LogP contribution >= 0.6 is 35.1 Å². The lowest BCUT2D eigenvalue weighted by Crippen LogP contribution is -2.25. The summed E-state index contributed by atoms with van der Waals surface area (Å²) in [6.45, 7) is 1.80. The number of hydrogen-bond acceptors (Lipinski definition) is 7. The number of anilines is 1. The summed E-state index contributed by atoms with van der Waals surface area (Å²) >= 11 is 3.31. The Labute approximate surface area is 206 Å². The summed E-state index contributed by atoms with van der Waals surface area (Å²) in [5.41, 5.74) is 3.35. The van der Waals surface area contributed by atoms with Crippen LogP contribution in [0.15, 0.2) is 48.5 Å². The van der Waals surface area contributed by atoms with Crippen molar-refractivity contribution in [2.24, 2.45) is 0 Å². The number of methoxy groups -OCH3 is 1. The molecule has 6 nitrogen and oxygen atoms in total.